The van der Waals surface area contributed by atoms with Gasteiger partial charge < -0.3 is 31.4 Å². The van der Waals surface area contributed by atoms with E-state index in [4.69, 9.17) is 25.4 Å². The third-order valence-corrected chi connectivity index (χ3v) is 0.636. The van der Waals surface area contributed by atoms with Crippen LogP contribution < -0.4 is 29.6 Å². The quantitative estimate of drug-likeness (QED) is 0.167. The van der Waals surface area contributed by atoms with E-state index in [1.54, 1.807) is 0 Å². The van der Waals surface area contributed by atoms with E-state index in [9.17, 15) is 0 Å². The minimum atomic E-state index is -2.20. The Labute approximate surface area is 86.7 Å². The molecule has 0 aliphatic heterocycles. The van der Waals surface area contributed by atoms with Gasteiger partial charge in [0.2, 0.25) is 6.29 Å². The first-order valence-corrected chi connectivity index (χ1v) is 2.31. The van der Waals surface area contributed by atoms with Crippen molar-refractivity contribution in [1.29, 1.82) is 0 Å². The molecule has 0 aromatic rings. The summed E-state index contributed by atoms with van der Waals surface area (Å²) in [6, 6.07) is 0. The molecule has 6 nitrogen and oxygen atoms in total. The Bertz CT molecular complexity index is 132. The van der Waals surface area contributed by atoms with Crippen LogP contribution in [0.15, 0.2) is 12.0 Å². The van der Waals surface area contributed by atoms with Crippen LogP contribution in [-0.2, 0) is 4.65 Å². The number of rotatable bonds is 3. The molecule has 1 unspecified atom stereocenters. The maximum atomic E-state index is 8.47. The molecular formula is C3H8BNaO6. The van der Waals surface area contributed by atoms with Gasteiger partial charge in [-0.1, -0.05) is 0 Å². The van der Waals surface area contributed by atoms with Gasteiger partial charge in [-0.25, -0.2) is 0 Å². The molecule has 0 radical (unpaired) electrons. The van der Waals surface area contributed by atoms with Crippen molar-refractivity contribution in [3.8, 4) is 0 Å². The van der Waals surface area contributed by atoms with E-state index in [2.05, 4.69) is 4.65 Å². The van der Waals surface area contributed by atoms with Crippen LogP contribution in [0.2, 0.25) is 0 Å². The summed E-state index contributed by atoms with van der Waals surface area (Å²) in [5.41, 5.74) is 0. The van der Waals surface area contributed by atoms with Crippen LogP contribution in [-0.4, -0.2) is 39.0 Å². The Balaban J connectivity index is -0.000000405. The van der Waals surface area contributed by atoms with Crippen LogP contribution in [0.4, 0.5) is 0 Å². The fraction of sp³-hybridized carbons (Fsp3) is 0.333. The number of aliphatic hydroxyl groups is 3. The first kappa shape index (κ1) is 13.8. The van der Waals surface area contributed by atoms with Gasteiger partial charge in [0.15, 0.2) is 5.76 Å². The van der Waals surface area contributed by atoms with E-state index >= 15 is 0 Å². The van der Waals surface area contributed by atoms with Crippen LogP contribution in [0.3, 0.4) is 0 Å². The summed E-state index contributed by atoms with van der Waals surface area (Å²) in [5, 5.41) is 40.9. The molecule has 0 spiro atoms. The number of aliphatic hydroxyl groups excluding tert-OH is 3. The van der Waals surface area contributed by atoms with Crippen molar-refractivity contribution in [2.24, 2.45) is 0 Å². The second-order valence-electron chi connectivity index (χ2n) is 1.37. The standard InChI is InChI=1S/C3H7BO6.Na.H/c5-1-2(6)3(7)10-4(8)9;;/h1,3,5-9H;;/q;+1;-1. The molecule has 0 heterocycles. The van der Waals surface area contributed by atoms with Crippen molar-refractivity contribution in [2.75, 3.05) is 0 Å². The summed E-state index contributed by atoms with van der Waals surface area (Å²) in [6.45, 7) is 0. The van der Waals surface area contributed by atoms with Crippen molar-refractivity contribution in [2.45, 2.75) is 6.29 Å². The Morgan fingerprint density at radius 2 is 2.00 bits per heavy atom. The van der Waals surface area contributed by atoms with Gasteiger partial charge in [0.1, 0.15) is 6.26 Å². The van der Waals surface area contributed by atoms with Crippen molar-refractivity contribution in [3.63, 3.8) is 0 Å². The van der Waals surface area contributed by atoms with Crippen molar-refractivity contribution in [1.82, 2.24) is 0 Å². The topological polar surface area (TPSA) is 110 Å². The second-order valence-corrected chi connectivity index (χ2v) is 1.37. The maximum absolute atomic E-state index is 8.47. The monoisotopic (exact) mass is 174 g/mol. The molecule has 0 rings (SSSR count). The summed E-state index contributed by atoms with van der Waals surface area (Å²) in [7, 11) is -2.20. The van der Waals surface area contributed by atoms with Crippen LogP contribution >= 0.6 is 0 Å². The van der Waals surface area contributed by atoms with Crippen molar-refractivity contribution in [3.05, 3.63) is 12.0 Å². The zero-order valence-electron chi connectivity index (χ0n) is 6.88. The Hall–Kier alpha value is 0.245. The Morgan fingerprint density at radius 1 is 1.55 bits per heavy atom. The SMILES string of the molecule is OC=C(O)C(O)OB(O)O.[H-].[Na+]. The zero-order valence-corrected chi connectivity index (χ0v) is 7.88. The molecule has 11 heavy (non-hydrogen) atoms. The van der Waals surface area contributed by atoms with E-state index < -0.39 is 19.4 Å². The molecule has 0 aliphatic rings. The summed E-state index contributed by atoms with van der Waals surface area (Å²) in [4.78, 5) is 0. The molecule has 60 valence electrons. The molecule has 0 aromatic carbocycles. The van der Waals surface area contributed by atoms with E-state index in [0.717, 1.165) is 0 Å². The van der Waals surface area contributed by atoms with Crippen LogP contribution in [0, 0.1) is 0 Å². The van der Waals surface area contributed by atoms with Crippen LogP contribution in [0.25, 0.3) is 0 Å². The molecular weight excluding hydrogens is 166 g/mol. The third kappa shape index (κ3) is 6.64. The summed E-state index contributed by atoms with van der Waals surface area (Å²) in [5.74, 6) is -0.909. The summed E-state index contributed by atoms with van der Waals surface area (Å²) in [6.07, 6.45) is -1.75. The largest absolute Gasteiger partial charge is 1.00 e. The fourth-order valence-electron chi connectivity index (χ4n) is 0.249. The predicted octanol–water partition coefficient (Wildman–Crippen LogP) is -4.64. The number of hydrogen-bond acceptors (Lipinski definition) is 6. The second kappa shape index (κ2) is 6.92. The molecule has 8 heteroatoms. The van der Waals surface area contributed by atoms with E-state index in [1.165, 1.54) is 0 Å². The predicted molar refractivity (Wildman–Crippen MR) is 31.7 cm³/mol. The molecule has 0 bridgehead atoms. The smallest absolute Gasteiger partial charge is 1.00 e. The molecule has 0 amide bonds. The zero-order chi connectivity index (χ0) is 8.15. The Kier molecular flexibility index (Phi) is 8.69. The molecule has 0 saturated heterocycles. The number of hydrogen-bond donors (Lipinski definition) is 5. The average Bonchev–Trinajstić information content (AvgIpc) is 1.85. The van der Waals surface area contributed by atoms with Crippen LogP contribution in [0.5, 0.6) is 0 Å². The molecule has 0 aliphatic carbocycles. The van der Waals surface area contributed by atoms with Crippen molar-refractivity contribution < 1.29 is 61.0 Å². The van der Waals surface area contributed by atoms with Gasteiger partial charge >= 0.3 is 36.9 Å². The molecule has 0 aromatic heterocycles. The van der Waals surface area contributed by atoms with Gasteiger partial charge in [-0.2, -0.15) is 0 Å². The maximum Gasteiger partial charge on any atom is 1.00 e. The van der Waals surface area contributed by atoms with Gasteiger partial charge in [0.05, 0.1) is 0 Å². The van der Waals surface area contributed by atoms with Crippen LogP contribution in [0.1, 0.15) is 1.43 Å². The summed E-state index contributed by atoms with van der Waals surface area (Å²) < 4.78 is 3.79. The van der Waals surface area contributed by atoms with Gasteiger partial charge in [0.25, 0.3) is 0 Å². The fourth-order valence-corrected chi connectivity index (χ4v) is 0.249. The normalized spacial score (nSPS) is 13.5. The molecule has 0 saturated carbocycles. The third-order valence-electron chi connectivity index (χ3n) is 0.636. The minimum Gasteiger partial charge on any atom is -1.00 e. The molecule has 5 N–H and O–H groups in total. The van der Waals surface area contributed by atoms with E-state index in [-0.39, 0.29) is 37.2 Å². The Morgan fingerprint density at radius 3 is 2.27 bits per heavy atom. The average molecular weight is 174 g/mol. The van der Waals surface area contributed by atoms with Gasteiger partial charge in [-0.05, 0) is 0 Å². The first-order chi connectivity index (χ1) is 4.57. The van der Waals surface area contributed by atoms with E-state index in [1.807, 2.05) is 0 Å². The van der Waals surface area contributed by atoms with Gasteiger partial charge in [-0.3, -0.25) is 0 Å². The first-order valence-electron chi connectivity index (χ1n) is 2.31. The summed E-state index contributed by atoms with van der Waals surface area (Å²) >= 11 is 0. The molecule has 0 fully saturated rings. The molecule has 1 atom stereocenters. The van der Waals surface area contributed by atoms with Gasteiger partial charge in [-0.15, -0.1) is 0 Å². The van der Waals surface area contributed by atoms with Crippen molar-refractivity contribution >= 4 is 7.32 Å². The minimum absolute atomic E-state index is 0. The van der Waals surface area contributed by atoms with Gasteiger partial charge in [0, 0.05) is 0 Å². The van der Waals surface area contributed by atoms with E-state index in [0.29, 0.717) is 0 Å².